The van der Waals surface area contributed by atoms with Gasteiger partial charge in [0.25, 0.3) is 0 Å². The van der Waals surface area contributed by atoms with Crippen LogP contribution in [0.5, 0.6) is 23.0 Å². The minimum absolute atomic E-state index is 0.0583. The third kappa shape index (κ3) is 3.83. The van der Waals surface area contributed by atoms with Crippen LogP contribution in [0.15, 0.2) is 45.6 Å². The van der Waals surface area contributed by atoms with Gasteiger partial charge in [0.05, 0.1) is 12.0 Å². The first kappa shape index (κ1) is 22.4. The minimum atomic E-state index is -1.74. The standard InChI is InChI=1S/C23H22O11/c24-9-16-18(27)19(28)20(29)23(33-16)34-22-17(26)12-3-2-11(25)8-14(12)32-21(22)10-1-4-13-15(7-10)31-6-5-30-13/h1-4,7-8,16,18-20,23-25,27-29H,5-6,9H2/t16-,18+,19+,20-,23+/m1/s1. The van der Waals surface area contributed by atoms with E-state index in [1.807, 2.05) is 0 Å². The van der Waals surface area contributed by atoms with Gasteiger partial charge in [0.15, 0.2) is 17.3 Å². The van der Waals surface area contributed by atoms with E-state index in [0.29, 0.717) is 30.3 Å². The molecule has 5 N–H and O–H groups in total. The quantitative estimate of drug-likeness (QED) is 0.348. The minimum Gasteiger partial charge on any atom is -0.508 e. The van der Waals surface area contributed by atoms with Gasteiger partial charge in [-0.05, 0) is 30.3 Å². The summed E-state index contributed by atoms with van der Waals surface area (Å²) in [6, 6.07) is 8.76. The first-order valence-corrected chi connectivity index (χ1v) is 10.5. The van der Waals surface area contributed by atoms with Crippen molar-refractivity contribution in [2.24, 2.45) is 0 Å². The van der Waals surface area contributed by atoms with E-state index < -0.39 is 42.7 Å². The molecule has 0 saturated carbocycles. The molecule has 34 heavy (non-hydrogen) atoms. The zero-order chi connectivity index (χ0) is 24.0. The fourth-order valence-electron chi connectivity index (χ4n) is 3.93. The van der Waals surface area contributed by atoms with Gasteiger partial charge in [0.1, 0.15) is 49.0 Å². The number of aromatic hydroxyl groups is 1. The molecule has 0 radical (unpaired) electrons. The van der Waals surface area contributed by atoms with Crippen molar-refractivity contribution in [3.05, 3.63) is 46.6 Å². The van der Waals surface area contributed by atoms with Crippen LogP contribution >= 0.6 is 0 Å². The first-order chi connectivity index (χ1) is 16.4. The molecule has 0 unspecified atom stereocenters. The number of phenolic OH excluding ortho intramolecular Hbond substituents is 1. The van der Waals surface area contributed by atoms with Crippen molar-refractivity contribution < 1.29 is 48.9 Å². The lowest BCUT2D eigenvalue weighted by Gasteiger charge is -2.39. The van der Waals surface area contributed by atoms with Crippen molar-refractivity contribution in [3.8, 4) is 34.3 Å². The largest absolute Gasteiger partial charge is 0.508 e. The molecule has 3 heterocycles. The van der Waals surface area contributed by atoms with Crippen molar-refractivity contribution in [1.29, 1.82) is 0 Å². The second-order valence-corrected chi connectivity index (χ2v) is 7.94. The van der Waals surface area contributed by atoms with E-state index in [0.717, 1.165) is 0 Å². The summed E-state index contributed by atoms with van der Waals surface area (Å²) in [5.41, 5.74) is -0.190. The zero-order valence-electron chi connectivity index (χ0n) is 17.7. The highest BCUT2D eigenvalue weighted by Crippen LogP contribution is 2.39. The van der Waals surface area contributed by atoms with E-state index in [1.165, 1.54) is 18.2 Å². The lowest BCUT2D eigenvalue weighted by Crippen LogP contribution is -2.60. The summed E-state index contributed by atoms with van der Waals surface area (Å²) in [6.45, 7) is 0.0633. The van der Waals surface area contributed by atoms with Crippen LogP contribution in [0.3, 0.4) is 0 Å². The lowest BCUT2D eigenvalue weighted by molar-refractivity contribution is -0.277. The van der Waals surface area contributed by atoms with Gasteiger partial charge in [-0.25, -0.2) is 0 Å². The first-order valence-electron chi connectivity index (χ1n) is 10.5. The fraction of sp³-hybridized carbons (Fsp3) is 0.348. The molecule has 1 aromatic heterocycles. The number of hydrogen-bond acceptors (Lipinski definition) is 11. The van der Waals surface area contributed by atoms with Crippen molar-refractivity contribution in [3.63, 3.8) is 0 Å². The van der Waals surface area contributed by atoms with Gasteiger partial charge < -0.3 is 48.9 Å². The number of aliphatic hydroxyl groups excluding tert-OH is 4. The van der Waals surface area contributed by atoms with Crippen LogP contribution in [-0.2, 0) is 4.74 Å². The normalized spacial score (nSPS) is 26.4. The molecule has 0 bridgehead atoms. The van der Waals surface area contributed by atoms with Crippen LogP contribution < -0.4 is 19.6 Å². The van der Waals surface area contributed by atoms with Crippen molar-refractivity contribution >= 4 is 11.0 Å². The van der Waals surface area contributed by atoms with Gasteiger partial charge in [0, 0.05) is 11.6 Å². The molecule has 2 aliphatic heterocycles. The molecular weight excluding hydrogens is 452 g/mol. The van der Waals surface area contributed by atoms with Gasteiger partial charge in [0.2, 0.25) is 17.5 Å². The number of benzene rings is 2. The zero-order valence-corrected chi connectivity index (χ0v) is 17.7. The molecular formula is C23H22O11. The van der Waals surface area contributed by atoms with Gasteiger partial charge >= 0.3 is 0 Å². The third-order valence-electron chi connectivity index (χ3n) is 5.72. The average Bonchev–Trinajstić information content (AvgIpc) is 2.85. The average molecular weight is 474 g/mol. The number of phenols is 1. The number of rotatable bonds is 4. The molecule has 180 valence electrons. The molecule has 3 aromatic rings. The van der Waals surface area contributed by atoms with Gasteiger partial charge in [-0.3, -0.25) is 4.79 Å². The van der Waals surface area contributed by atoms with E-state index >= 15 is 0 Å². The molecule has 1 fully saturated rings. The molecule has 5 atom stereocenters. The topological polar surface area (TPSA) is 168 Å². The Kier molecular flexibility index (Phi) is 5.80. The van der Waals surface area contributed by atoms with Crippen molar-refractivity contribution in [2.45, 2.75) is 30.7 Å². The predicted molar refractivity (Wildman–Crippen MR) is 115 cm³/mol. The van der Waals surface area contributed by atoms with Crippen molar-refractivity contribution in [1.82, 2.24) is 0 Å². The Morgan fingerprint density at radius 2 is 1.71 bits per heavy atom. The Bertz CT molecular complexity index is 1270. The molecule has 0 aliphatic carbocycles. The SMILES string of the molecule is O=c1c(O[C@@H]2O[C@H](CO)[C@H](O)[C@H](O)[C@H]2O)c(-c2ccc3c(c2)OCCO3)oc2cc(O)ccc12. The van der Waals surface area contributed by atoms with E-state index in [9.17, 15) is 30.3 Å². The van der Waals surface area contributed by atoms with Crippen LogP contribution in [0.25, 0.3) is 22.3 Å². The third-order valence-corrected chi connectivity index (χ3v) is 5.72. The summed E-state index contributed by atoms with van der Waals surface area (Å²) in [5, 5.41) is 49.9. The van der Waals surface area contributed by atoms with Crippen molar-refractivity contribution in [2.75, 3.05) is 19.8 Å². The Morgan fingerprint density at radius 1 is 0.941 bits per heavy atom. The molecule has 2 aromatic carbocycles. The maximum Gasteiger partial charge on any atom is 0.235 e. The Hall–Kier alpha value is -3.35. The molecule has 0 spiro atoms. The second-order valence-electron chi connectivity index (χ2n) is 7.94. The summed E-state index contributed by atoms with van der Waals surface area (Å²) >= 11 is 0. The highest BCUT2D eigenvalue weighted by molar-refractivity contribution is 5.83. The summed E-state index contributed by atoms with van der Waals surface area (Å²) in [4.78, 5) is 13.4. The maximum atomic E-state index is 13.4. The van der Waals surface area contributed by atoms with Gasteiger partial charge in [-0.2, -0.15) is 0 Å². The summed E-state index contributed by atoms with van der Waals surface area (Å²) in [5.74, 6) is 0.399. The number of ether oxygens (including phenoxy) is 4. The highest BCUT2D eigenvalue weighted by atomic mass is 16.7. The van der Waals surface area contributed by atoms with Gasteiger partial charge in [-0.1, -0.05) is 0 Å². The van der Waals surface area contributed by atoms with Crippen LogP contribution in [-0.4, -0.2) is 76.1 Å². The molecule has 0 amide bonds. The number of aliphatic hydroxyl groups is 4. The van der Waals surface area contributed by atoms with E-state index in [-0.39, 0.29) is 28.2 Å². The second kappa shape index (κ2) is 8.78. The maximum absolute atomic E-state index is 13.4. The summed E-state index contributed by atoms with van der Waals surface area (Å²) < 4.78 is 28.2. The highest BCUT2D eigenvalue weighted by Gasteiger charge is 2.45. The predicted octanol–water partition coefficient (Wildman–Crippen LogP) is 0.116. The number of hydrogen-bond donors (Lipinski definition) is 5. The summed E-state index contributed by atoms with van der Waals surface area (Å²) in [7, 11) is 0. The molecule has 5 rings (SSSR count). The van der Waals surface area contributed by atoms with E-state index in [4.69, 9.17) is 23.4 Å². The Balaban J connectivity index is 1.64. The van der Waals surface area contributed by atoms with Crippen LogP contribution in [0.1, 0.15) is 0 Å². The van der Waals surface area contributed by atoms with Gasteiger partial charge in [-0.15, -0.1) is 0 Å². The molecule has 1 saturated heterocycles. The monoisotopic (exact) mass is 474 g/mol. The Labute approximate surface area is 191 Å². The molecule has 11 heteroatoms. The number of fused-ring (bicyclic) bond motifs is 2. The smallest absolute Gasteiger partial charge is 0.235 e. The lowest BCUT2D eigenvalue weighted by atomic mass is 9.99. The Morgan fingerprint density at radius 3 is 2.47 bits per heavy atom. The van der Waals surface area contributed by atoms with Crippen LogP contribution in [0.2, 0.25) is 0 Å². The fourth-order valence-corrected chi connectivity index (χ4v) is 3.93. The van der Waals surface area contributed by atoms with Crippen LogP contribution in [0, 0.1) is 0 Å². The van der Waals surface area contributed by atoms with E-state index in [2.05, 4.69) is 0 Å². The molecule has 2 aliphatic rings. The van der Waals surface area contributed by atoms with E-state index in [1.54, 1.807) is 18.2 Å². The van der Waals surface area contributed by atoms with Crippen LogP contribution in [0.4, 0.5) is 0 Å². The summed E-state index contributed by atoms with van der Waals surface area (Å²) in [6.07, 6.45) is -7.86. The molecule has 11 nitrogen and oxygen atoms in total.